The van der Waals surface area contributed by atoms with E-state index in [4.69, 9.17) is 21.1 Å². The van der Waals surface area contributed by atoms with Crippen LogP contribution < -0.4 is 14.8 Å². The Balaban J connectivity index is 1.66. The largest absolute Gasteiger partial charge is 0.496 e. The summed E-state index contributed by atoms with van der Waals surface area (Å²) in [7, 11) is 1.67. The lowest BCUT2D eigenvalue weighted by molar-refractivity contribution is 0.0660. The number of hydrogen-bond acceptors (Lipinski definition) is 5. The van der Waals surface area contributed by atoms with Crippen molar-refractivity contribution in [3.8, 4) is 11.5 Å². The maximum Gasteiger partial charge on any atom is 0.257 e. The molecule has 39 heavy (non-hydrogen) atoms. The molecule has 208 valence electrons. The van der Waals surface area contributed by atoms with Crippen LogP contribution in [0.2, 0.25) is 5.02 Å². The number of fused-ring (bicyclic) bond motifs is 1. The summed E-state index contributed by atoms with van der Waals surface area (Å²) in [4.78, 5) is 17.9. The van der Waals surface area contributed by atoms with Crippen LogP contribution in [-0.4, -0.2) is 49.0 Å². The third-order valence-corrected chi connectivity index (χ3v) is 7.90. The Kier molecular flexibility index (Phi) is 9.41. The lowest BCUT2D eigenvalue weighted by Crippen LogP contribution is -2.46. The van der Waals surface area contributed by atoms with Crippen LogP contribution in [0, 0.1) is 6.92 Å². The minimum absolute atomic E-state index is 0.0355. The lowest BCUT2D eigenvalue weighted by Gasteiger charge is -2.39. The highest BCUT2D eigenvalue weighted by Crippen LogP contribution is 2.36. The summed E-state index contributed by atoms with van der Waals surface area (Å²) >= 11 is 6.41. The number of amides is 1. The van der Waals surface area contributed by atoms with Gasteiger partial charge in [-0.1, -0.05) is 57.5 Å². The van der Waals surface area contributed by atoms with Gasteiger partial charge in [-0.2, -0.15) is 0 Å². The molecule has 4 rings (SSSR count). The van der Waals surface area contributed by atoms with Gasteiger partial charge in [-0.25, -0.2) is 0 Å². The van der Waals surface area contributed by atoms with Crippen molar-refractivity contribution >= 4 is 23.2 Å². The number of nitrogens with one attached hydrogen (secondary N) is 1. The van der Waals surface area contributed by atoms with Crippen LogP contribution in [0.5, 0.6) is 11.5 Å². The third-order valence-electron chi connectivity index (χ3n) is 7.49. The van der Waals surface area contributed by atoms with Crippen LogP contribution in [0.25, 0.3) is 0 Å². The van der Waals surface area contributed by atoms with Gasteiger partial charge in [0.25, 0.3) is 5.91 Å². The molecule has 1 aliphatic rings. The van der Waals surface area contributed by atoms with Crippen molar-refractivity contribution in [2.45, 2.75) is 53.3 Å². The molecule has 0 saturated carbocycles. The first-order chi connectivity index (χ1) is 18.8. The molecule has 1 N–H and O–H groups in total. The Morgan fingerprint density at radius 2 is 1.79 bits per heavy atom. The number of carbonyl (C=O) groups excluding carboxylic acids is 1. The standard InChI is InChI=1S/C32H40ClN3O3/c1-7-35(8-2)15-16-36-31(34-28-12-10-9-11-25(28)32(36)37)23-13-14-29(38-6)24(18-23)20-39-30-17-22(5)27(33)19-26(30)21(3)4/h9-14,17-19,21,31,34H,7-8,15-16,20H2,1-6H3/t31-/m0/s1. The molecule has 7 heteroatoms. The fourth-order valence-corrected chi connectivity index (χ4v) is 5.23. The topological polar surface area (TPSA) is 54.0 Å². The molecule has 0 aromatic heterocycles. The number of likely N-dealkylation sites (N-methyl/N-ethyl adjacent to an activating group) is 1. The second-order valence-corrected chi connectivity index (χ2v) is 10.7. The number of nitrogens with zero attached hydrogens (tertiary/aromatic N) is 2. The normalized spacial score (nSPS) is 14.9. The Bertz CT molecular complexity index is 1310. The van der Waals surface area contributed by atoms with E-state index in [-0.39, 0.29) is 18.0 Å². The summed E-state index contributed by atoms with van der Waals surface area (Å²) in [6.07, 6.45) is -0.309. The molecule has 0 fully saturated rings. The van der Waals surface area contributed by atoms with Crippen molar-refractivity contribution in [2.75, 3.05) is 38.6 Å². The molecule has 1 atom stereocenters. The number of para-hydroxylation sites is 1. The Labute approximate surface area is 237 Å². The number of carbonyl (C=O) groups is 1. The van der Waals surface area contributed by atoms with Crippen LogP contribution >= 0.6 is 11.6 Å². The predicted octanol–water partition coefficient (Wildman–Crippen LogP) is 7.27. The molecule has 0 spiro atoms. The second-order valence-electron chi connectivity index (χ2n) is 10.3. The highest BCUT2D eigenvalue weighted by molar-refractivity contribution is 6.31. The third kappa shape index (κ3) is 6.34. The van der Waals surface area contributed by atoms with Gasteiger partial charge >= 0.3 is 0 Å². The van der Waals surface area contributed by atoms with Crippen LogP contribution in [0.15, 0.2) is 54.6 Å². The summed E-state index contributed by atoms with van der Waals surface area (Å²) < 4.78 is 12.1. The van der Waals surface area contributed by atoms with E-state index in [0.29, 0.717) is 18.7 Å². The summed E-state index contributed by atoms with van der Waals surface area (Å²) in [5, 5.41) is 4.36. The molecule has 6 nitrogen and oxygen atoms in total. The average molecular weight is 550 g/mol. The summed E-state index contributed by atoms with van der Waals surface area (Å²) in [6, 6.07) is 17.8. The van der Waals surface area contributed by atoms with Gasteiger partial charge in [0.2, 0.25) is 0 Å². The minimum atomic E-state index is -0.309. The molecule has 0 saturated heterocycles. The van der Waals surface area contributed by atoms with Crippen molar-refractivity contribution in [3.63, 3.8) is 0 Å². The van der Waals surface area contributed by atoms with E-state index in [0.717, 1.165) is 64.1 Å². The second kappa shape index (κ2) is 12.8. The molecule has 0 radical (unpaired) electrons. The van der Waals surface area contributed by atoms with Crippen LogP contribution in [0.1, 0.15) is 72.4 Å². The molecule has 0 bridgehead atoms. The van der Waals surface area contributed by atoms with E-state index in [9.17, 15) is 4.79 Å². The number of benzene rings is 3. The Morgan fingerprint density at radius 3 is 2.49 bits per heavy atom. The molecular weight excluding hydrogens is 510 g/mol. The number of hydrogen-bond donors (Lipinski definition) is 1. The Morgan fingerprint density at radius 1 is 1.05 bits per heavy atom. The fourth-order valence-electron chi connectivity index (χ4n) is 5.06. The van der Waals surface area contributed by atoms with Crippen molar-refractivity contribution in [1.29, 1.82) is 0 Å². The molecule has 0 unspecified atom stereocenters. The molecule has 1 amide bonds. The van der Waals surface area contributed by atoms with E-state index in [1.54, 1.807) is 7.11 Å². The smallest absolute Gasteiger partial charge is 0.257 e. The zero-order valence-corrected chi connectivity index (χ0v) is 24.6. The zero-order valence-electron chi connectivity index (χ0n) is 23.9. The Hall–Kier alpha value is -3.22. The van der Waals surface area contributed by atoms with Crippen molar-refractivity contribution in [2.24, 2.45) is 0 Å². The average Bonchev–Trinajstić information content (AvgIpc) is 2.94. The van der Waals surface area contributed by atoms with E-state index in [2.05, 4.69) is 44.0 Å². The van der Waals surface area contributed by atoms with Gasteiger partial charge in [0.1, 0.15) is 24.3 Å². The SMILES string of the molecule is CCN(CC)CCN1C(=O)c2ccccc2N[C@@H]1c1ccc(OC)c(COc2cc(C)c(Cl)cc2C(C)C)c1. The molecule has 0 aliphatic carbocycles. The number of ether oxygens (including phenoxy) is 2. The summed E-state index contributed by atoms with van der Waals surface area (Å²) in [5.74, 6) is 1.87. The van der Waals surface area contributed by atoms with Crippen molar-refractivity contribution < 1.29 is 14.3 Å². The van der Waals surface area contributed by atoms with E-state index >= 15 is 0 Å². The molecule has 1 heterocycles. The summed E-state index contributed by atoms with van der Waals surface area (Å²) in [6.45, 7) is 14.2. The van der Waals surface area contributed by atoms with Crippen LogP contribution in [0.3, 0.4) is 0 Å². The van der Waals surface area contributed by atoms with Gasteiger partial charge in [-0.05, 0) is 79.0 Å². The molecular formula is C32H40ClN3O3. The van der Waals surface area contributed by atoms with Crippen LogP contribution in [0.4, 0.5) is 5.69 Å². The zero-order chi connectivity index (χ0) is 28.1. The van der Waals surface area contributed by atoms with E-state index in [1.165, 1.54) is 0 Å². The number of methoxy groups -OCH3 is 1. The first kappa shape index (κ1) is 28.8. The predicted molar refractivity (Wildman–Crippen MR) is 159 cm³/mol. The van der Waals surface area contributed by atoms with Gasteiger partial charge in [0.05, 0.1) is 12.7 Å². The maximum atomic E-state index is 13.7. The minimum Gasteiger partial charge on any atom is -0.496 e. The quantitative estimate of drug-likeness (QED) is 0.272. The highest BCUT2D eigenvalue weighted by Gasteiger charge is 2.33. The van der Waals surface area contributed by atoms with Gasteiger partial charge in [-0.3, -0.25) is 4.79 Å². The molecule has 3 aromatic carbocycles. The summed E-state index contributed by atoms with van der Waals surface area (Å²) in [5.41, 5.74) is 5.48. The fraction of sp³-hybridized carbons (Fsp3) is 0.406. The maximum absolute atomic E-state index is 13.7. The van der Waals surface area contributed by atoms with Crippen molar-refractivity contribution in [3.05, 3.63) is 87.4 Å². The van der Waals surface area contributed by atoms with Gasteiger partial charge < -0.3 is 24.6 Å². The molecule has 1 aliphatic heterocycles. The number of rotatable bonds is 11. The van der Waals surface area contributed by atoms with E-state index < -0.39 is 0 Å². The first-order valence-electron chi connectivity index (χ1n) is 13.8. The number of aryl methyl sites for hydroxylation is 1. The van der Waals surface area contributed by atoms with Gasteiger partial charge in [-0.15, -0.1) is 0 Å². The number of anilines is 1. The monoisotopic (exact) mass is 549 g/mol. The highest BCUT2D eigenvalue weighted by atomic mass is 35.5. The van der Waals surface area contributed by atoms with Crippen molar-refractivity contribution in [1.82, 2.24) is 9.80 Å². The molecule has 3 aromatic rings. The first-order valence-corrected chi connectivity index (χ1v) is 14.1. The van der Waals surface area contributed by atoms with Gasteiger partial charge in [0.15, 0.2) is 0 Å². The van der Waals surface area contributed by atoms with Crippen LogP contribution in [-0.2, 0) is 6.61 Å². The number of halogens is 1. The van der Waals surface area contributed by atoms with Gasteiger partial charge in [0, 0.05) is 29.4 Å². The van der Waals surface area contributed by atoms with E-state index in [1.807, 2.05) is 60.4 Å². The lowest BCUT2D eigenvalue weighted by atomic mass is 10.00.